The predicted molar refractivity (Wildman–Crippen MR) is 68.1 cm³/mol. The molecule has 0 saturated heterocycles. The summed E-state index contributed by atoms with van der Waals surface area (Å²) in [6.07, 6.45) is 0. The minimum Gasteiger partial charge on any atom is -0.497 e. The van der Waals surface area contributed by atoms with Crippen molar-refractivity contribution < 1.29 is 23.1 Å². The highest BCUT2D eigenvalue weighted by molar-refractivity contribution is 9.10. The van der Waals surface area contributed by atoms with Gasteiger partial charge in [-0.1, -0.05) is 0 Å². The van der Waals surface area contributed by atoms with Gasteiger partial charge in [-0.3, -0.25) is 4.79 Å². The number of hydrogen-bond donors (Lipinski definition) is 1. The van der Waals surface area contributed by atoms with E-state index in [-0.39, 0.29) is 4.90 Å². The summed E-state index contributed by atoms with van der Waals surface area (Å²) in [7, 11) is -1.25. The Kier molecular flexibility index (Phi) is 4.71. The molecule has 8 heteroatoms. The number of halogens is 1. The molecule has 1 N–H and O–H groups in total. The first-order valence-electron chi connectivity index (χ1n) is 4.80. The number of benzene rings is 1. The molecule has 1 aromatic rings. The first-order valence-corrected chi connectivity index (χ1v) is 7.04. The molecule has 18 heavy (non-hydrogen) atoms. The van der Waals surface area contributed by atoms with Gasteiger partial charge in [-0.05, 0) is 28.1 Å². The summed E-state index contributed by atoms with van der Waals surface area (Å²) < 4.78 is 30.3. The molecule has 6 nitrogen and oxygen atoms in total. The number of carboxylic acid groups (broad SMARTS) is 1. The van der Waals surface area contributed by atoms with Gasteiger partial charge < -0.3 is 9.84 Å². The van der Waals surface area contributed by atoms with Crippen LogP contribution in [0.4, 0.5) is 0 Å². The van der Waals surface area contributed by atoms with Crippen LogP contribution in [-0.2, 0) is 14.8 Å². The van der Waals surface area contributed by atoms with Gasteiger partial charge in [-0.25, -0.2) is 8.42 Å². The summed E-state index contributed by atoms with van der Waals surface area (Å²) in [6.45, 7) is -0.605. The van der Waals surface area contributed by atoms with Gasteiger partial charge in [0.15, 0.2) is 0 Å². The molecule has 0 aliphatic rings. The molecule has 0 radical (unpaired) electrons. The molecule has 0 fully saturated rings. The Balaban J connectivity index is 3.23. The van der Waals surface area contributed by atoms with Crippen LogP contribution >= 0.6 is 15.9 Å². The van der Waals surface area contributed by atoms with E-state index in [1.54, 1.807) is 6.07 Å². The van der Waals surface area contributed by atoms with E-state index >= 15 is 0 Å². The third-order valence-corrected chi connectivity index (χ3v) is 4.98. The van der Waals surface area contributed by atoms with Crippen LogP contribution in [0.3, 0.4) is 0 Å². The Morgan fingerprint density at radius 1 is 1.50 bits per heavy atom. The van der Waals surface area contributed by atoms with Crippen LogP contribution in [-0.4, -0.2) is 44.5 Å². The van der Waals surface area contributed by atoms with Gasteiger partial charge in [0.1, 0.15) is 17.2 Å². The lowest BCUT2D eigenvalue weighted by Gasteiger charge is -2.16. The fourth-order valence-corrected chi connectivity index (χ4v) is 3.31. The fraction of sp³-hybridized carbons (Fsp3) is 0.300. The zero-order chi connectivity index (χ0) is 13.9. The Bertz CT molecular complexity index is 557. The Morgan fingerprint density at radius 3 is 2.61 bits per heavy atom. The second kappa shape index (κ2) is 5.68. The van der Waals surface area contributed by atoms with E-state index in [2.05, 4.69) is 15.9 Å². The number of carbonyl (C=O) groups is 1. The van der Waals surface area contributed by atoms with E-state index in [0.717, 1.165) is 4.31 Å². The SMILES string of the molecule is COc1ccc(Br)c(S(=O)(=O)N(C)CC(=O)O)c1. The maximum Gasteiger partial charge on any atom is 0.318 e. The van der Waals surface area contributed by atoms with Crippen molar-refractivity contribution in [2.75, 3.05) is 20.7 Å². The van der Waals surface area contributed by atoms with Gasteiger partial charge in [-0.15, -0.1) is 0 Å². The maximum absolute atomic E-state index is 12.1. The van der Waals surface area contributed by atoms with Crippen molar-refractivity contribution in [3.8, 4) is 5.75 Å². The van der Waals surface area contributed by atoms with Gasteiger partial charge in [0.2, 0.25) is 10.0 Å². The summed E-state index contributed by atoms with van der Waals surface area (Å²) >= 11 is 3.12. The molecule has 0 atom stereocenters. The first-order chi connectivity index (χ1) is 8.28. The minimum atomic E-state index is -3.87. The average Bonchev–Trinajstić information content (AvgIpc) is 2.28. The molecule has 0 aromatic heterocycles. The summed E-state index contributed by atoms with van der Waals surface area (Å²) in [5.74, 6) is -0.847. The zero-order valence-electron chi connectivity index (χ0n) is 9.75. The van der Waals surface area contributed by atoms with E-state index in [4.69, 9.17) is 9.84 Å². The number of hydrogen-bond acceptors (Lipinski definition) is 4. The number of rotatable bonds is 5. The molecule has 0 amide bonds. The minimum absolute atomic E-state index is 0.0365. The molecule has 1 rings (SSSR count). The summed E-state index contributed by atoms with van der Waals surface area (Å²) in [5, 5.41) is 8.62. The Labute approximate surface area is 113 Å². The third-order valence-electron chi connectivity index (χ3n) is 2.18. The van der Waals surface area contributed by atoms with Gasteiger partial charge in [0.05, 0.1) is 7.11 Å². The van der Waals surface area contributed by atoms with Crippen LogP contribution in [0, 0.1) is 0 Å². The molecule has 0 unspecified atom stereocenters. The lowest BCUT2D eigenvalue weighted by molar-refractivity contribution is -0.137. The molecule has 0 bridgehead atoms. The third kappa shape index (κ3) is 3.21. The molecule has 0 spiro atoms. The zero-order valence-corrected chi connectivity index (χ0v) is 12.2. The molecule has 0 saturated carbocycles. The van der Waals surface area contributed by atoms with Crippen LogP contribution in [0.1, 0.15) is 0 Å². The van der Waals surface area contributed by atoms with Crippen molar-refractivity contribution in [3.05, 3.63) is 22.7 Å². The van der Waals surface area contributed by atoms with E-state index in [1.165, 1.54) is 26.3 Å². The van der Waals surface area contributed by atoms with Crippen LogP contribution in [0.15, 0.2) is 27.6 Å². The largest absolute Gasteiger partial charge is 0.497 e. The second-order valence-electron chi connectivity index (χ2n) is 3.45. The molecule has 1 aromatic carbocycles. The van der Waals surface area contributed by atoms with Crippen LogP contribution in [0.2, 0.25) is 0 Å². The summed E-state index contributed by atoms with van der Waals surface area (Å²) in [6, 6.07) is 4.46. The Hall–Kier alpha value is -1.12. The van der Waals surface area contributed by atoms with Crippen molar-refractivity contribution in [2.24, 2.45) is 0 Å². The van der Waals surface area contributed by atoms with Crippen LogP contribution in [0.5, 0.6) is 5.75 Å². The van der Waals surface area contributed by atoms with E-state index in [0.29, 0.717) is 10.2 Å². The van der Waals surface area contributed by atoms with Crippen molar-refractivity contribution in [1.82, 2.24) is 4.31 Å². The molecule has 0 aliphatic heterocycles. The second-order valence-corrected chi connectivity index (χ2v) is 6.32. The van der Waals surface area contributed by atoms with Crippen LogP contribution in [0.25, 0.3) is 0 Å². The smallest absolute Gasteiger partial charge is 0.318 e. The Morgan fingerprint density at radius 2 is 2.11 bits per heavy atom. The number of nitrogens with zero attached hydrogens (tertiary/aromatic N) is 1. The van der Waals surface area contributed by atoms with E-state index < -0.39 is 22.5 Å². The summed E-state index contributed by atoms with van der Waals surface area (Å²) in [5.41, 5.74) is 0. The van der Waals surface area contributed by atoms with Crippen molar-refractivity contribution >= 4 is 31.9 Å². The van der Waals surface area contributed by atoms with Gasteiger partial charge in [0.25, 0.3) is 0 Å². The van der Waals surface area contributed by atoms with Crippen molar-refractivity contribution in [3.63, 3.8) is 0 Å². The maximum atomic E-state index is 12.1. The van der Waals surface area contributed by atoms with Crippen molar-refractivity contribution in [1.29, 1.82) is 0 Å². The molecule has 100 valence electrons. The summed E-state index contributed by atoms with van der Waals surface area (Å²) in [4.78, 5) is 10.5. The van der Waals surface area contributed by atoms with E-state index in [1.807, 2.05) is 0 Å². The normalized spacial score (nSPS) is 11.6. The molecule has 0 heterocycles. The monoisotopic (exact) mass is 337 g/mol. The van der Waals surface area contributed by atoms with E-state index in [9.17, 15) is 13.2 Å². The highest BCUT2D eigenvalue weighted by Crippen LogP contribution is 2.28. The molecule has 0 aliphatic carbocycles. The van der Waals surface area contributed by atoms with Crippen LogP contribution < -0.4 is 4.74 Å². The standard InChI is InChI=1S/C10H12BrNO5S/c1-12(6-10(13)14)18(15,16)9-5-7(17-2)3-4-8(9)11/h3-5H,6H2,1-2H3,(H,13,14). The number of carboxylic acids is 1. The quantitative estimate of drug-likeness (QED) is 0.871. The number of aliphatic carboxylic acids is 1. The van der Waals surface area contributed by atoms with Crippen molar-refractivity contribution in [2.45, 2.75) is 4.90 Å². The number of ether oxygens (including phenoxy) is 1. The first kappa shape index (κ1) is 14.9. The topological polar surface area (TPSA) is 83.9 Å². The van der Waals surface area contributed by atoms with Gasteiger partial charge in [-0.2, -0.15) is 4.31 Å². The fourth-order valence-electron chi connectivity index (χ4n) is 1.25. The van der Waals surface area contributed by atoms with Gasteiger partial charge >= 0.3 is 5.97 Å². The highest BCUT2D eigenvalue weighted by Gasteiger charge is 2.25. The lowest BCUT2D eigenvalue weighted by atomic mass is 10.3. The lowest BCUT2D eigenvalue weighted by Crippen LogP contribution is -2.32. The highest BCUT2D eigenvalue weighted by atomic mass is 79.9. The number of methoxy groups -OCH3 is 1. The average molecular weight is 338 g/mol. The molecular formula is C10H12BrNO5S. The molecular weight excluding hydrogens is 326 g/mol. The van der Waals surface area contributed by atoms with Gasteiger partial charge in [0, 0.05) is 17.6 Å². The number of likely N-dealkylation sites (N-methyl/N-ethyl adjacent to an activating group) is 1. The number of sulfonamides is 1. The predicted octanol–water partition coefficient (Wildman–Crippen LogP) is 1.16.